The molecular formula is C33H41N3O4S. The summed E-state index contributed by atoms with van der Waals surface area (Å²) in [5.74, 6) is -0.657. The quantitative estimate of drug-likeness (QED) is 0.322. The van der Waals surface area contributed by atoms with Gasteiger partial charge in [0.15, 0.2) is 0 Å². The van der Waals surface area contributed by atoms with Crippen LogP contribution in [0.2, 0.25) is 0 Å². The second-order valence-electron chi connectivity index (χ2n) is 10.8. The molecule has 1 N–H and O–H groups in total. The molecule has 3 aromatic rings. The highest BCUT2D eigenvalue weighted by molar-refractivity contribution is 7.92. The van der Waals surface area contributed by atoms with Crippen molar-refractivity contribution in [1.82, 2.24) is 10.2 Å². The molecule has 0 aromatic heterocycles. The minimum absolute atomic E-state index is 0.0977. The molecule has 1 saturated carbocycles. The molecule has 0 radical (unpaired) electrons. The maximum absolute atomic E-state index is 14.2. The second kappa shape index (κ2) is 13.8. The predicted molar refractivity (Wildman–Crippen MR) is 163 cm³/mol. The predicted octanol–water partition coefficient (Wildman–Crippen LogP) is 5.62. The van der Waals surface area contributed by atoms with Gasteiger partial charge in [-0.3, -0.25) is 13.9 Å². The van der Waals surface area contributed by atoms with Crippen LogP contribution in [0.4, 0.5) is 5.69 Å². The Kier molecular flexibility index (Phi) is 10.2. The summed E-state index contributed by atoms with van der Waals surface area (Å²) < 4.78 is 29.2. The van der Waals surface area contributed by atoms with Crippen LogP contribution in [0.5, 0.6) is 0 Å². The summed E-state index contributed by atoms with van der Waals surface area (Å²) in [7, 11) is -4.08. The van der Waals surface area contributed by atoms with Crippen molar-refractivity contribution < 1.29 is 18.0 Å². The van der Waals surface area contributed by atoms with Gasteiger partial charge in [-0.25, -0.2) is 8.42 Å². The Morgan fingerprint density at radius 1 is 0.878 bits per heavy atom. The SMILES string of the molecule is CCc1ccccc1N(CC(=O)N(Cc1ccccc1C)[C@@H](C)C(=O)NC1CCCCC1)S(=O)(=O)c1ccccc1. The fourth-order valence-electron chi connectivity index (χ4n) is 5.41. The number of carbonyl (C=O) groups excluding carboxylic acids is 2. The van der Waals surface area contributed by atoms with Crippen molar-refractivity contribution in [3.63, 3.8) is 0 Å². The Morgan fingerprint density at radius 2 is 1.49 bits per heavy atom. The van der Waals surface area contributed by atoms with Crippen LogP contribution in [0, 0.1) is 6.92 Å². The first-order chi connectivity index (χ1) is 19.7. The van der Waals surface area contributed by atoms with E-state index in [1.165, 1.54) is 27.8 Å². The van der Waals surface area contributed by atoms with E-state index in [1.807, 2.05) is 50.2 Å². The Balaban J connectivity index is 1.70. The van der Waals surface area contributed by atoms with E-state index in [2.05, 4.69) is 5.32 Å². The molecule has 0 spiro atoms. The van der Waals surface area contributed by atoms with Crippen LogP contribution in [-0.2, 0) is 32.6 Å². The first-order valence-electron chi connectivity index (χ1n) is 14.5. The molecule has 3 aromatic carbocycles. The van der Waals surface area contributed by atoms with Gasteiger partial charge in [-0.1, -0.05) is 86.8 Å². The number of amides is 2. The molecule has 7 nitrogen and oxygen atoms in total. The van der Waals surface area contributed by atoms with Crippen LogP contribution in [-0.4, -0.2) is 43.8 Å². The van der Waals surface area contributed by atoms with E-state index >= 15 is 0 Å². The highest BCUT2D eigenvalue weighted by Gasteiger charge is 2.34. The monoisotopic (exact) mass is 575 g/mol. The van der Waals surface area contributed by atoms with Crippen LogP contribution < -0.4 is 9.62 Å². The van der Waals surface area contributed by atoms with E-state index < -0.39 is 28.5 Å². The Bertz CT molecular complexity index is 1440. The number of rotatable bonds is 11. The summed E-state index contributed by atoms with van der Waals surface area (Å²) in [5, 5.41) is 3.15. The van der Waals surface area contributed by atoms with Crippen LogP contribution in [0.3, 0.4) is 0 Å². The third-order valence-corrected chi connectivity index (χ3v) is 9.75. The number of hydrogen-bond donors (Lipinski definition) is 1. The van der Waals surface area contributed by atoms with Gasteiger partial charge >= 0.3 is 0 Å². The number of anilines is 1. The number of nitrogens with zero attached hydrogens (tertiary/aromatic N) is 2. The lowest BCUT2D eigenvalue weighted by molar-refractivity contribution is -0.139. The molecule has 0 bridgehead atoms. The van der Waals surface area contributed by atoms with Crippen molar-refractivity contribution in [3.8, 4) is 0 Å². The molecule has 2 amide bonds. The molecule has 1 aliphatic rings. The molecule has 1 fully saturated rings. The van der Waals surface area contributed by atoms with Gasteiger partial charge in [0.1, 0.15) is 12.6 Å². The van der Waals surface area contributed by atoms with Crippen molar-refractivity contribution in [2.24, 2.45) is 0 Å². The van der Waals surface area contributed by atoms with Crippen LogP contribution in [0.1, 0.15) is 62.6 Å². The van der Waals surface area contributed by atoms with E-state index in [0.717, 1.165) is 42.4 Å². The van der Waals surface area contributed by atoms with Gasteiger partial charge < -0.3 is 10.2 Å². The van der Waals surface area contributed by atoms with Crippen molar-refractivity contribution in [2.75, 3.05) is 10.8 Å². The molecule has 0 unspecified atom stereocenters. The lowest BCUT2D eigenvalue weighted by Gasteiger charge is -2.34. The van der Waals surface area contributed by atoms with Gasteiger partial charge in [0.05, 0.1) is 10.6 Å². The summed E-state index contributed by atoms with van der Waals surface area (Å²) in [6.45, 7) is 5.41. The van der Waals surface area contributed by atoms with E-state index in [4.69, 9.17) is 0 Å². The lowest BCUT2D eigenvalue weighted by atomic mass is 9.95. The standard InChI is InChI=1S/C33H41N3O4S/c1-4-27-16-13-14-22-31(27)36(41(39,40)30-20-9-6-10-21-30)24-32(37)35(23-28-17-12-11-15-25(28)2)26(3)33(38)34-29-18-7-5-8-19-29/h6,9-17,20-22,26,29H,4-5,7-8,18-19,23-24H2,1-3H3,(H,34,38)/t26-/m0/s1. The van der Waals surface area contributed by atoms with Gasteiger partial charge in [0, 0.05) is 12.6 Å². The Morgan fingerprint density at radius 3 is 2.15 bits per heavy atom. The van der Waals surface area contributed by atoms with Crippen LogP contribution in [0.25, 0.3) is 0 Å². The molecule has 41 heavy (non-hydrogen) atoms. The minimum Gasteiger partial charge on any atom is -0.352 e. The molecule has 1 aliphatic carbocycles. The number of aryl methyl sites for hydroxylation is 2. The highest BCUT2D eigenvalue weighted by Crippen LogP contribution is 2.28. The van der Waals surface area contributed by atoms with E-state index in [0.29, 0.717) is 12.1 Å². The summed E-state index contributed by atoms with van der Waals surface area (Å²) in [6.07, 6.45) is 5.79. The normalized spacial score (nSPS) is 14.7. The number of nitrogens with one attached hydrogen (secondary N) is 1. The summed E-state index contributed by atoms with van der Waals surface area (Å²) in [6, 6.07) is 22.5. The molecule has 1 atom stereocenters. The number of carbonyl (C=O) groups is 2. The molecule has 4 rings (SSSR count). The highest BCUT2D eigenvalue weighted by atomic mass is 32.2. The van der Waals surface area contributed by atoms with Gasteiger partial charge in [0.2, 0.25) is 11.8 Å². The van der Waals surface area contributed by atoms with Crippen molar-refractivity contribution in [2.45, 2.75) is 82.8 Å². The number of hydrogen-bond acceptors (Lipinski definition) is 4. The molecule has 0 heterocycles. The van der Waals surface area contributed by atoms with Gasteiger partial charge in [0.25, 0.3) is 10.0 Å². The lowest BCUT2D eigenvalue weighted by Crippen LogP contribution is -2.53. The van der Waals surface area contributed by atoms with Crippen molar-refractivity contribution in [1.29, 1.82) is 0 Å². The van der Waals surface area contributed by atoms with Crippen LogP contribution in [0.15, 0.2) is 83.8 Å². The average Bonchev–Trinajstić information content (AvgIpc) is 3.00. The fraction of sp³-hybridized carbons (Fsp3) is 0.394. The minimum atomic E-state index is -4.08. The second-order valence-corrected chi connectivity index (χ2v) is 12.6. The summed E-state index contributed by atoms with van der Waals surface area (Å²) in [5.41, 5.74) is 3.18. The third-order valence-electron chi connectivity index (χ3n) is 7.97. The van der Waals surface area contributed by atoms with Gasteiger partial charge in [-0.15, -0.1) is 0 Å². The maximum Gasteiger partial charge on any atom is 0.264 e. The average molecular weight is 576 g/mol. The Labute approximate surface area is 244 Å². The molecule has 8 heteroatoms. The number of para-hydroxylation sites is 1. The van der Waals surface area contributed by atoms with Gasteiger partial charge in [-0.05, 0) is 68.0 Å². The number of benzene rings is 3. The summed E-state index contributed by atoms with van der Waals surface area (Å²) in [4.78, 5) is 29.3. The van der Waals surface area contributed by atoms with Crippen molar-refractivity contribution >= 4 is 27.5 Å². The van der Waals surface area contributed by atoms with Gasteiger partial charge in [-0.2, -0.15) is 0 Å². The van der Waals surface area contributed by atoms with E-state index in [1.54, 1.807) is 37.3 Å². The summed E-state index contributed by atoms with van der Waals surface area (Å²) >= 11 is 0. The first-order valence-corrected chi connectivity index (χ1v) is 16.0. The van der Waals surface area contributed by atoms with Crippen LogP contribution >= 0.6 is 0 Å². The largest absolute Gasteiger partial charge is 0.352 e. The smallest absolute Gasteiger partial charge is 0.264 e. The van der Waals surface area contributed by atoms with Crippen molar-refractivity contribution in [3.05, 3.63) is 95.6 Å². The zero-order valence-corrected chi connectivity index (χ0v) is 25.1. The third kappa shape index (κ3) is 7.36. The molecule has 0 saturated heterocycles. The number of sulfonamides is 1. The van der Waals surface area contributed by atoms with E-state index in [9.17, 15) is 18.0 Å². The molecular weight excluding hydrogens is 534 g/mol. The zero-order valence-electron chi connectivity index (χ0n) is 24.3. The Hall–Kier alpha value is -3.65. The maximum atomic E-state index is 14.2. The first kappa shape index (κ1) is 30.3. The fourth-order valence-corrected chi connectivity index (χ4v) is 6.88. The van der Waals surface area contributed by atoms with E-state index in [-0.39, 0.29) is 23.4 Å². The zero-order chi connectivity index (χ0) is 29.4. The topological polar surface area (TPSA) is 86.8 Å². The molecule has 218 valence electrons. The molecule has 0 aliphatic heterocycles.